The number of nitrogens with two attached hydrogens (primary N) is 1. The first-order chi connectivity index (χ1) is 13.0. The van der Waals surface area contributed by atoms with Crippen molar-refractivity contribution in [1.82, 2.24) is 5.32 Å². The Hall–Kier alpha value is -2.41. The molecular formula is C20H29N3O4. The summed E-state index contributed by atoms with van der Waals surface area (Å²) in [6.45, 7) is 0.395. The SMILES string of the molecule is COC(=O)CNC(=O)Cc1ccc(NC(=O)CC2(CN)CCCCC2)cc1. The van der Waals surface area contributed by atoms with Gasteiger partial charge in [0.2, 0.25) is 11.8 Å². The standard InChI is InChI=1S/C20H29N3O4/c1-27-19(26)13-22-17(24)11-15-5-7-16(8-6-15)23-18(25)12-20(14-21)9-3-2-4-10-20/h5-8H,2-4,9-14,21H2,1H3,(H,22,24)(H,23,25). The molecule has 0 unspecified atom stereocenters. The highest BCUT2D eigenvalue weighted by Gasteiger charge is 2.32. The van der Waals surface area contributed by atoms with E-state index in [-0.39, 0.29) is 30.2 Å². The minimum absolute atomic E-state index is 0.0223. The van der Waals surface area contributed by atoms with Crippen molar-refractivity contribution in [3.05, 3.63) is 29.8 Å². The molecule has 0 bridgehead atoms. The van der Waals surface area contributed by atoms with Gasteiger partial charge in [0.05, 0.1) is 13.5 Å². The zero-order valence-corrected chi connectivity index (χ0v) is 15.9. The van der Waals surface area contributed by atoms with E-state index in [0.717, 1.165) is 31.2 Å². The van der Waals surface area contributed by atoms with E-state index in [2.05, 4.69) is 15.4 Å². The van der Waals surface area contributed by atoms with Gasteiger partial charge < -0.3 is 21.1 Å². The van der Waals surface area contributed by atoms with Gasteiger partial charge in [0.25, 0.3) is 0 Å². The fraction of sp³-hybridized carbons (Fsp3) is 0.550. The molecule has 0 aliphatic heterocycles. The predicted octanol–water partition coefficient (Wildman–Crippen LogP) is 1.76. The number of esters is 1. The quantitative estimate of drug-likeness (QED) is 0.600. The lowest BCUT2D eigenvalue weighted by Crippen LogP contribution is -2.36. The minimum Gasteiger partial charge on any atom is -0.468 e. The second-order valence-corrected chi connectivity index (χ2v) is 7.22. The maximum atomic E-state index is 12.4. The monoisotopic (exact) mass is 375 g/mol. The van der Waals surface area contributed by atoms with Gasteiger partial charge in [0.1, 0.15) is 6.54 Å². The van der Waals surface area contributed by atoms with Crippen LogP contribution in [0.2, 0.25) is 0 Å². The largest absolute Gasteiger partial charge is 0.468 e. The van der Waals surface area contributed by atoms with Crippen LogP contribution in [0.15, 0.2) is 24.3 Å². The molecule has 1 aromatic rings. The molecule has 0 atom stereocenters. The Balaban J connectivity index is 1.83. The summed E-state index contributed by atoms with van der Waals surface area (Å²) in [6, 6.07) is 7.12. The third-order valence-corrected chi connectivity index (χ3v) is 5.14. The number of carbonyl (C=O) groups excluding carboxylic acids is 3. The van der Waals surface area contributed by atoms with Crippen molar-refractivity contribution < 1.29 is 19.1 Å². The van der Waals surface area contributed by atoms with Gasteiger partial charge in [0, 0.05) is 12.1 Å². The molecule has 2 rings (SSSR count). The molecule has 1 aromatic carbocycles. The van der Waals surface area contributed by atoms with Crippen LogP contribution in [0.25, 0.3) is 0 Å². The average molecular weight is 375 g/mol. The normalized spacial score (nSPS) is 15.6. The van der Waals surface area contributed by atoms with Crippen LogP contribution in [0, 0.1) is 5.41 Å². The van der Waals surface area contributed by atoms with Gasteiger partial charge in [-0.25, -0.2) is 0 Å². The van der Waals surface area contributed by atoms with E-state index >= 15 is 0 Å². The Kier molecular flexibility index (Phi) is 7.79. The summed E-state index contributed by atoms with van der Waals surface area (Å²) < 4.78 is 4.47. The van der Waals surface area contributed by atoms with Gasteiger partial charge in [-0.1, -0.05) is 31.4 Å². The summed E-state index contributed by atoms with van der Waals surface area (Å²) in [4.78, 5) is 35.2. The Morgan fingerprint density at radius 2 is 1.74 bits per heavy atom. The second-order valence-electron chi connectivity index (χ2n) is 7.22. The van der Waals surface area contributed by atoms with Gasteiger partial charge in [-0.15, -0.1) is 0 Å². The van der Waals surface area contributed by atoms with Crippen LogP contribution in [0.5, 0.6) is 0 Å². The number of amides is 2. The third kappa shape index (κ3) is 6.67. The average Bonchev–Trinajstić information content (AvgIpc) is 2.68. The molecular weight excluding hydrogens is 346 g/mol. The number of hydrogen-bond donors (Lipinski definition) is 3. The zero-order chi connectivity index (χ0) is 19.7. The maximum Gasteiger partial charge on any atom is 0.325 e. The first-order valence-electron chi connectivity index (χ1n) is 9.39. The number of benzene rings is 1. The Bertz CT molecular complexity index is 652. The summed E-state index contributed by atoms with van der Waals surface area (Å²) in [5, 5.41) is 5.41. The molecule has 1 fully saturated rings. The minimum atomic E-state index is -0.491. The number of carbonyl (C=O) groups is 3. The van der Waals surface area contributed by atoms with Gasteiger partial charge in [-0.05, 0) is 42.5 Å². The Morgan fingerprint density at radius 1 is 1.07 bits per heavy atom. The van der Waals surface area contributed by atoms with Crippen molar-refractivity contribution in [3.63, 3.8) is 0 Å². The highest BCUT2D eigenvalue weighted by molar-refractivity contribution is 5.91. The molecule has 0 saturated heterocycles. The van der Waals surface area contributed by atoms with Crippen LogP contribution < -0.4 is 16.4 Å². The summed E-state index contributed by atoms with van der Waals surface area (Å²) in [7, 11) is 1.27. The molecule has 0 aromatic heterocycles. The van der Waals surface area contributed by atoms with E-state index in [9.17, 15) is 14.4 Å². The van der Waals surface area contributed by atoms with E-state index in [1.54, 1.807) is 24.3 Å². The summed E-state index contributed by atoms with van der Waals surface area (Å²) >= 11 is 0. The fourth-order valence-electron chi connectivity index (χ4n) is 3.50. The molecule has 0 heterocycles. The van der Waals surface area contributed by atoms with E-state index in [0.29, 0.717) is 18.7 Å². The molecule has 7 heteroatoms. The number of nitrogens with one attached hydrogen (secondary N) is 2. The summed E-state index contributed by atoms with van der Waals surface area (Å²) in [5.74, 6) is -0.778. The number of rotatable bonds is 8. The lowest BCUT2D eigenvalue weighted by atomic mass is 9.71. The van der Waals surface area contributed by atoms with Crippen LogP contribution in [0.4, 0.5) is 5.69 Å². The molecule has 2 amide bonds. The van der Waals surface area contributed by atoms with Crippen molar-refractivity contribution in [3.8, 4) is 0 Å². The number of anilines is 1. The molecule has 0 radical (unpaired) electrons. The van der Waals surface area contributed by atoms with Crippen LogP contribution in [0.1, 0.15) is 44.1 Å². The molecule has 4 N–H and O–H groups in total. The molecule has 7 nitrogen and oxygen atoms in total. The topological polar surface area (TPSA) is 111 Å². The molecule has 0 spiro atoms. The fourth-order valence-corrected chi connectivity index (χ4v) is 3.50. The third-order valence-electron chi connectivity index (χ3n) is 5.14. The second kappa shape index (κ2) is 10.1. The van der Waals surface area contributed by atoms with Crippen molar-refractivity contribution in [1.29, 1.82) is 0 Å². The van der Waals surface area contributed by atoms with E-state index in [1.165, 1.54) is 13.5 Å². The first kappa shape index (κ1) is 20.9. The van der Waals surface area contributed by atoms with Gasteiger partial charge in [-0.3, -0.25) is 14.4 Å². The smallest absolute Gasteiger partial charge is 0.325 e. The lowest BCUT2D eigenvalue weighted by Gasteiger charge is -2.35. The van der Waals surface area contributed by atoms with Gasteiger partial charge in [-0.2, -0.15) is 0 Å². The van der Waals surface area contributed by atoms with Gasteiger partial charge in [0.15, 0.2) is 0 Å². The number of hydrogen-bond acceptors (Lipinski definition) is 5. The lowest BCUT2D eigenvalue weighted by molar-refractivity contribution is -0.141. The highest BCUT2D eigenvalue weighted by Crippen LogP contribution is 2.38. The highest BCUT2D eigenvalue weighted by atomic mass is 16.5. The first-order valence-corrected chi connectivity index (χ1v) is 9.39. The van der Waals surface area contributed by atoms with Crippen molar-refractivity contribution in [2.24, 2.45) is 11.1 Å². The maximum absolute atomic E-state index is 12.4. The van der Waals surface area contributed by atoms with Gasteiger partial charge >= 0.3 is 5.97 Å². The summed E-state index contributed by atoms with van der Waals surface area (Å²) in [5.41, 5.74) is 7.37. The Labute approximate surface area is 160 Å². The van der Waals surface area contributed by atoms with E-state index < -0.39 is 5.97 Å². The zero-order valence-electron chi connectivity index (χ0n) is 15.9. The van der Waals surface area contributed by atoms with Crippen LogP contribution in [-0.4, -0.2) is 38.0 Å². The molecule has 148 valence electrons. The van der Waals surface area contributed by atoms with E-state index in [1.807, 2.05) is 0 Å². The molecule has 27 heavy (non-hydrogen) atoms. The molecule has 1 saturated carbocycles. The number of methoxy groups -OCH3 is 1. The predicted molar refractivity (Wildman–Crippen MR) is 103 cm³/mol. The number of ether oxygens (including phenoxy) is 1. The summed E-state index contributed by atoms with van der Waals surface area (Å²) in [6.07, 6.45) is 6.11. The molecule has 1 aliphatic carbocycles. The van der Waals surface area contributed by atoms with Crippen LogP contribution in [-0.2, 0) is 25.5 Å². The van der Waals surface area contributed by atoms with Crippen LogP contribution in [0.3, 0.4) is 0 Å². The van der Waals surface area contributed by atoms with Crippen molar-refractivity contribution in [2.45, 2.75) is 44.9 Å². The van der Waals surface area contributed by atoms with E-state index in [4.69, 9.17) is 5.73 Å². The van der Waals surface area contributed by atoms with Crippen LogP contribution >= 0.6 is 0 Å². The van der Waals surface area contributed by atoms with Crippen molar-refractivity contribution >= 4 is 23.5 Å². The Morgan fingerprint density at radius 3 is 2.33 bits per heavy atom. The van der Waals surface area contributed by atoms with Crippen molar-refractivity contribution in [2.75, 3.05) is 25.5 Å². The molecule has 1 aliphatic rings.